The van der Waals surface area contributed by atoms with E-state index >= 15 is 0 Å². The molecule has 0 spiro atoms. The average molecular weight is 218 g/mol. The second-order valence-electron chi connectivity index (χ2n) is 4.12. The van der Waals surface area contributed by atoms with E-state index in [-0.39, 0.29) is 11.5 Å². The Balaban J connectivity index is 2.47. The van der Waals surface area contributed by atoms with Crippen LogP contribution in [0.15, 0.2) is 4.79 Å². The van der Waals surface area contributed by atoms with Crippen LogP contribution in [0.5, 0.6) is 0 Å². The Morgan fingerprint density at radius 3 is 2.81 bits per heavy atom. The van der Waals surface area contributed by atoms with E-state index in [1.165, 1.54) is 0 Å². The molecule has 16 heavy (non-hydrogen) atoms. The maximum atomic E-state index is 12.0. The Morgan fingerprint density at radius 2 is 2.19 bits per heavy atom. The number of fused-ring (bicyclic) bond motifs is 1. The molecule has 0 aliphatic carbocycles. The summed E-state index contributed by atoms with van der Waals surface area (Å²) in [5, 5.41) is 8.07. The summed E-state index contributed by atoms with van der Waals surface area (Å²) in [6, 6.07) is 0. The first-order valence-corrected chi connectivity index (χ1v) is 5.31. The third-order valence-corrected chi connectivity index (χ3v) is 2.66. The molecule has 1 aliphatic rings. The summed E-state index contributed by atoms with van der Waals surface area (Å²) in [6.07, 6.45) is 5.25. The van der Waals surface area contributed by atoms with Crippen molar-refractivity contribution in [2.24, 2.45) is 0 Å². The van der Waals surface area contributed by atoms with E-state index in [0.717, 1.165) is 6.54 Å². The number of anilines is 1. The third kappa shape index (κ3) is 1.56. The maximum Gasteiger partial charge on any atom is 0.277 e. The lowest BCUT2D eigenvalue weighted by atomic mass is 10.1. The van der Waals surface area contributed by atoms with E-state index in [9.17, 15) is 4.79 Å². The topological polar surface area (TPSA) is 51.0 Å². The predicted octanol–water partition coefficient (Wildman–Crippen LogP) is 0.215. The van der Waals surface area contributed by atoms with E-state index in [2.05, 4.69) is 16.1 Å². The molecule has 0 saturated carbocycles. The molecule has 0 N–H and O–H groups in total. The molecule has 0 amide bonds. The van der Waals surface area contributed by atoms with E-state index in [0.29, 0.717) is 24.7 Å². The van der Waals surface area contributed by atoms with Crippen molar-refractivity contribution in [3.63, 3.8) is 0 Å². The number of aromatic nitrogens is 3. The molecule has 0 fully saturated rings. The number of hydrogen-bond donors (Lipinski definition) is 0. The van der Waals surface area contributed by atoms with Crippen molar-refractivity contribution in [1.82, 2.24) is 14.8 Å². The van der Waals surface area contributed by atoms with Gasteiger partial charge in [0.25, 0.3) is 5.56 Å². The molecule has 2 rings (SSSR count). The smallest absolute Gasteiger partial charge is 0.277 e. The molecule has 1 aliphatic heterocycles. The van der Waals surface area contributed by atoms with Crippen molar-refractivity contribution >= 4 is 5.95 Å². The number of terminal acetylenes is 1. The zero-order chi connectivity index (χ0) is 11.7. The van der Waals surface area contributed by atoms with Gasteiger partial charge in [0.15, 0.2) is 0 Å². The molecule has 2 heterocycles. The highest BCUT2D eigenvalue weighted by Gasteiger charge is 2.23. The van der Waals surface area contributed by atoms with Crippen LogP contribution in [-0.2, 0) is 6.54 Å². The minimum atomic E-state index is -0.0421. The minimum Gasteiger partial charge on any atom is -0.328 e. The van der Waals surface area contributed by atoms with Crippen molar-refractivity contribution < 1.29 is 0 Å². The van der Waals surface area contributed by atoms with E-state index in [1.54, 1.807) is 4.57 Å². The monoisotopic (exact) mass is 218 g/mol. The minimum absolute atomic E-state index is 0.0421. The fraction of sp³-hybridized carbons (Fsp3) is 0.545. The van der Waals surface area contributed by atoms with Crippen LogP contribution in [0.1, 0.15) is 25.5 Å². The second-order valence-corrected chi connectivity index (χ2v) is 4.12. The number of rotatable bonds is 2. The van der Waals surface area contributed by atoms with Crippen molar-refractivity contribution in [1.29, 1.82) is 0 Å². The van der Waals surface area contributed by atoms with E-state index in [1.807, 2.05) is 18.7 Å². The first-order chi connectivity index (χ1) is 7.65. The summed E-state index contributed by atoms with van der Waals surface area (Å²) in [6.45, 7) is 5.72. The van der Waals surface area contributed by atoms with Gasteiger partial charge in [0.05, 0.1) is 6.54 Å². The normalized spacial score (nSPS) is 14.0. The molecule has 0 bridgehead atoms. The summed E-state index contributed by atoms with van der Waals surface area (Å²) >= 11 is 0. The quantitative estimate of drug-likeness (QED) is 0.666. The summed E-state index contributed by atoms with van der Waals surface area (Å²) in [4.78, 5) is 13.9. The Bertz CT molecular complexity index is 498. The van der Waals surface area contributed by atoms with Crippen LogP contribution in [0.2, 0.25) is 0 Å². The largest absolute Gasteiger partial charge is 0.328 e. The highest BCUT2D eigenvalue weighted by Crippen LogP contribution is 2.15. The van der Waals surface area contributed by atoms with Gasteiger partial charge in [-0.3, -0.25) is 9.36 Å². The van der Waals surface area contributed by atoms with Crippen molar-refractivity contribution in [2.45, 2.75) is 26.3 Å². The van der Waals surface area contributed by atoms with Gasteiger partial charge >= 0.3 is 0 Å². The Hall–Kier alpha value is -1.83. The van der Waals surface area contributed by atoms with Crippen LogP contribution in [0.4, 0.5) is 5.95 Å². The van der Waals surface area contributed by atoms with Crippen LogP contribution in [-0.4, -0.2) is 27.9 Å². The van der Waals surface area contributed by atoms with Crippen molar-refractivity contribution in [2.75, 3.05) is 18.0 Å². The summed E-state index contributed by atoms with van der Waals surface area (Å²) in [5.74, 6) is 3.24. The van der Waals surface area contributed by atoms with Gasteiger partial charge in [-0.25, -0.2) is 0 Å². The molecule has 1 aromatic rings. The Labute approximate surface area is 94.1 Å². The molecule has 0 radical (unpaired) electrons. The summed E-state index contributed by atoms with van der Waals surface area (Å²) in [7, 11) is 0. The first-order valence-electron chi connectivity index (χ1n) is 5.31. The highest BCUT2D eigenvalue weighted by molar-refractivity contribution is 5.36. The molecule has 0 saturated heterocycles. The van der Waals surface area contributed by atoms with Gasteiger partial charge in [-0.1, -0.05) is 19.8 Å². The molecular weight excluding hydrogens is 204 g/mol. The molecule has 0 unspecified atom stereocenters. The third-order valence-electron chi connectivity index (χ3n) is 2.66. The fourth-order valence-corrected chi connectivity index (χ4v) is 1.80. The molecular formula is C11H14N4O. The number of hydrogen-bond acceptors (Lipinski definition) is 4. The molecule has 1 aromatic heterocycles. The predicted molar refractivity (Wildman–Crippen MR) is 61.4 cm³/mol. The van der Waals surface area contributed by atoms with Crippen molar-refractivity contribution in [3.05, 3.63) is 16.0 Å². The average Bonchev–Trinajstić information content (AvgIpc) is 2.63. The van der Waals surface area contributed by atoms with Gasteiger partial charge in [-0.05, 0) is 0 Å². The Morgan fingerprint density at radius 1 is 1.44 bits per heavy atom. The van der Waals surface area contributed by atoms with E-state index in [4.69, 9.17) is 6.42 Å². The van der Waals surface area contributed by atoms with Crippen LogP contribution in [0.3, 0.4) is 0 Å². The van der Waals surface area contributed by atoms with Gasteiger partial charge in [0.2, 0.25) is 5.95 Å². The zero-order valence-electron chi connectivity index (χ0n) is 9.47. The van der Waals surface area contributed by atoms with Gasteiger partial charge in [0.1, 0.15) is 5.69 Å². The van der Waals surface area contributed by atoms with Gasteiger partial charge in [-0.15, -0.1) is 16.6 Å². The van der Waals surface area contributed by atoms with Crippen LogP contribution >= 0.6 is 0 Å². The van der Waals surface area contributed by atoms with Crippen LogP contribution in [0.25, 0.3) is 0 Å². The number of nitrogens with zero attached hydrogens (tertiary/aromatic N) is 4. The molecule has 84 valence electrons. The SMILES string of the molecule is C#CCN1CCn2c1nnc(C(C)C)c2=O. The molecule has 0 atom stereocenters. The zero-order valence-corrected chi connectivity index (χ0v) is 9.47. The fourth-order valence-electron chi connectivity index (χ4n) is 1.80. The molecule has 0 aromatic carbocycles. The summed E-state index contributed by atoms with van der Waals surface area (Å²) in [5.41, 5.74) is 0.478. The van der Waals surface area contributed by atoms with Gasteiger partial charge < -0.3 is 4.90 Å². The van der Waals surface area contributed by atoms with Crippen LogP contribution in [0, 0.1) is 12.3 Å². The highest BCUT2D eigenvalue weighted by atomic mass is 16.1. The summed E-state index contributed by atoms with van der Waals surface area (Å²) < 4.78 is 1.65. The van der Waals surface area contributed by atoms with Crippen molar-refractivity contribution in [3.8, 4) is 12.3 Å². The lowest BCUT2D eigenvalue weighted by molar-refractivity contribution is 0.678. The lowest BCUT2D eigenvalue weighted by Gasteiger charge is -2.13. The maximum absolute atomic E-state index is 12.0. The van der Waals surface area contributed by atoms with Crippen LogP contribution < -0.4 is 10.5 Å². The lowest BCUT2D eigenvalue weighted by Crippen LogP contribution is -2.27. The standard InChI is InChI=1S/C11H14N4O/c1-4-5-14-6-7-15-10(16)9(8(2)3)12-13-11(14)15/h1,8H,5-7H2,2-3H3. The van der Waals surface area contributed by atoms with Gasteiger partial charge in [0, 0.05) is 19.0 Å². The Kier molecular flexibility index (Phi) is 2.65. The molecule has 5 nitrogen and oxygen atoms in total. The molecule has 5 heteroatoms. The second kappa shape index (κ2) is 3.97. The van der Waals surface area contributed by atoms with Gasteiger partial charge in [-0.2, -0.15) is 0 Å². The van der Waals surface area contributed by atoms with E-state index < -0.39 is 0 Å². The first kappa shape index (κ1) is 10.7.